The Morgan fingerprint density at radius 3 is 2.88 bits per heavy atom. The number of carbonyl (C=O) groups excluding carboxylic acids is 3. The average molecular weight is 324 g/mol. The number of allylic oxidation sites excluding steroid dienone is 1. The molecule has 1 aromatic carbocycles. The van der Waals surface area contributed by atoms with Gasteiger partial charge in [0.2, 0.25) is 5.91 Å². The lowest BCUT2D eigenvalue weighted by molar-refractivity contribution is -0.129. The zero-order chi connectivity index (χ0) is 17.1. The van der Waals surface area contributed by atoms with Crippen LogP contribution in [0.4, 0.5) is 4.79 Å². The van der Waals surface area contributed by atoms with Crippen LogP contribution in [0.5, 0.6) is 0 Å². The molecule has 122 valence electrons. The minimum absolute atomic E-state index is 0.0696. The van der Waals surface area contributed by atoms with E-state index in [4.69, 9.17) is 0 Å². The van der Waals surface area contributed by atoms with Crippen LogP contribution in [-0.2, 0) is 4.79 Å². The van der Waals surface area contributed by atoms with Crippen molar-refractivity contribution in [1.82, 2.24) is 10.2 Å². The van der Waals surface area contributed by atoms with Crippen molar-refractivity contribution < 1.29 is 14.4 Å². The monoisotopic (exact) mass is 324 g/mol. The number of nitrogens with one attached hydrogen (secondary N) is 1. The second kappa shape index (κ2) is 6.57. The van der Waals surface area contributed by atoms with Gasteiger partial charge in [-0.25, -0.2) is 9.79 Å². The molecule has 7 heteroatoms. The molecule has 0 spiro atoms. The van der Waals surface area contributed by atoms with Gasteiger partial charge in [0.25, 0.3) is 5.91 Å². The van der Waals surface area contributed by atoms with Crippen molar-refractivity contribution in [2.75, 3.05) is 13.1 Å². The van der Waals surface area contributed by atoms with Crippen molar-refractivity contribution in [2.45, 2.75) is 6.92 Å². The molecule has 24 heavy (non-hydrogen) atoms. The summed E-state index contributed by atoms with van der Waals surface area (Å²) in [5, 5.41) is 2.72. The van der Waals surface area contributed by atoms with Crippen LogP contribution in [0.25, 0.3) is 0 Å². The summed E-state index contributed by atoms with van der Waals surface area (Å²) in [6.45, 7) is 2.08. The summed E-state index contributed by atoms with van der Waals surface area (Å²) < 4.78 is 0. The highest BCUT2D eigenvalue weighted by Gasteiger charge is 2.36. The molecule has 0 saturated heterocycles. The van der Waals surface area contributed by atoms with Crippen molar-refractivity contribution >= 4 is 29.9 Å². The summed E-state index contributed by atoms with van der Waals surface area (Å²) in [4.78, 5) is 45.3. The zero-order valence-electron chi connectivity index (χ0n) is 13.1. The Hall–Kier alpha value is -3.09. The number of rotatable bonds is 4. The van der Waals surface area contributed by atoms with Crippen LogP contribution in [0, 0.1) is 12.8 Å². The number of dihydropyridines is 1. The van der Waals surface area contributed by atoms with Crippen molar-refractivity contribution in [3.8, 4) is 0 Å². The molecule has 4 amide bonds. The first-order chi connectivity index (χ1) is 11.6. The maximum absolute atomic E-state index is 12.4. The van der Waals surface area contributed by atoms with E-state index in [2.05, 4.69) is 15.3 Å². The number of amides is 4. The second-order valence-electron chi connectivity index (χ2n) is 5.45. The van der Waals surface area contributed by atoms with Gasteiger partial charge < -0.3 is 5.32 Å². The third-order valence-electron chi connectivity index (χ3n) is 3.86. The Balaban J connectivity index is 1.62. The fourth-order valence-electron chi connectivity index (χ4n) is 2.57. The topological polar surface area (TPSA) is 91.2 Å². The normalized spacial score (nSPS) is 19.1. The van der Waals surface area contributed by atoms with Crippen LogP contribution < -0.4 is 5.32 Å². The van der Waals surface area contributed by atoms with Crippen LogP contribution in [0.3, 0.4) is 0 Å². The molecule has 0 bridgehead atoms. The first-order valence-corrected chi connectivity index (χ1v) is 7.56. The molecule has 0 aliphatic carbocycles. The van der Waals surface area contributed by atoms with Crippen molar-refractivity contribution in [1.29, 1.82) is 0 Å². The molecule has 1 unspecified atom stereocenters. The number of aliphatic imine (C=N–C) groups is 2. The first-order valence-electron chi connectivity index (χ1n) is 7.56. The number of amidine groups is 1. The predicted octanol–water partition coefficient (Wildman–Crippen LogP) is 1.34. The number of fused-ring (bicyclic) bond motifs is 1. The molecule has 2 aliphatic heterocycles. The Morgan fingerprint density at radius 1 is 1.29 bits per heavy atom. The molecule has 2 heterocycles. The number of benzene rings is 1. The van der Waals surface area contributed by atoms with Gasteiger partial charge in [0.1, 0.15) is 11.8 Å². The van der Waals surface area contributed by atoms with Gasteiger partial charge >= 0.3 is 6.03 Å². The molecule has 3 rings (SSSR count). The van der Waals surface area contributed by atoms with Crippen LogP contribution in [0.2, 0.25) is 0 Å². The molecule has 7 nitrogen and oxygen atoms in total. The second-order valence-corrected chi connectivity index (χ2v) is 5.45. The Labute approximate surface area is 138 Å². The van der Waals surface area contributed by atoms with Crippen LogP contribution in [-0.4, -0.2) is 47.9 Å². The smallest absolute Gasteiger partial charge is 0.350 e. The highest BCUT2D eigenvalue weighted by molar-refractivity contribution is 6.19. The lowest BCUT2D eigenvalue weighted by atomic mass is 10.0. The van der Waals surface area contributed by atoms with Crippen LogP contribution in [0.15, 0.2) is 46.4 Å². The molecule has 1 atom stereocenters. The highest BCUT2D eigenvalue weighted by atomic mass is 16.2. The standard InChI is InChI=1S/C17H16N4O3/c1-11-5-2-3-6-12(11)15(22)19-9-10-21-16(23)13-7-4-8-18-14(13)20-17(21)24/h2-8,13H,9-10H2,1H3,(H,19,22). The summed E-state index contributed by atoms with van der Waals surface area (Å²) in [6.07, 6.45) is 4.79. The Kier molecular flexibility index (Phi) is 4.33. The van der Waals surface area contributed by atoms with Gasteiger partial charge in [-0.05, 0) is 24.6 Å². The van der Waals surface area contributed by atoms with E-state index in [1.807, 2.05) is 19.1 Å². The lowest BCUT2D eigenvalue weighted by Gasteiger charge is -2.27. The summed E-state index contributed by atoms with van der Waals surface area (Å²) >= 11 is 0. The highest BCUT2D eigenvalue weighted by Crippen LogP contribution is 2.18. The number of carbonyl (C=O) groups is 3. The average Bonchev–Trinajstić information content (AvgIpc) is 2.58. The van der Waals surface area contributed by atoms with Crippen molar-refractivity contribution in [2.24, 2.45) is 15.9 Å². The molecule has 0 aromatic heterocycles. The molecule has 0 fully saturated rings. The maximum atomic E-state index is 12.4. The maximum Gasteiger partial charge on any atom is 0.352 e. The molecular formula is C17H16N4O3. The molecule has 1 aromatic rings. The third kappa shape index (κ3) is 3.01. The predicted molar refractivity (Wildman–Crippen MR) is 89.2 cm³/mol. The van der Waals surface area contributed by atoms with E-state index in [0.29, 0.717) is 5.56 Å². The number of hydrogen-bond acceptors (Lipinski definition) is 4. The Morgan fingerprint density at radius 2 is 2.08 bits per heavy atom. The van der Waals surface area contributed by atoms with E-state index in [-0.39, 0.29) is 30.7 Å². The van der Waals surface area contributed by atoms with E-state index < -0.39 is 11.9 Å². The number of hydrogen-bond donors (Lipinski definition) is 1. The van der Waals surface area contributed by atoms with Crippen LogP contribution in [0.1, 0.15) is 15.9 Å². The van der Waals surface area contributed by atoms with Gasteiger partial charge in [0.05, 0.1) is 0 Å². The number of aryl methyl sites for hydroxylation is 1. The van der Waals surface area contributed by atoms with Crippen molar-refractivity contribution in [3.63, 3.8) is 0 Å². The minimum Gasteiger partial charge on any atom is -0.350 e. The molecule has 0 saturated carbocycles. The summed E-state index contributed by atoms with van der Waals surface area (Å²) in [7, 11) is 0. The zero-order valence-corrected chi connectivity index (χ0v) is 13.1. The largest absolute Gasteiger partial charge is 0.352 e. The van der Waals surface area contributed by atoms with E-state index in [1.54, 1.807) is 24.3 Å². The molecule has 0 radical (unpaired) electrons. The number of nitrogens with zero attached hydrogens (tertiary/aromatic N) is 3. The molecular weight excluding hydrogens is 308 g/mol. The van der Waals surface area contributed by atoms with Gasteiger partial charge in [-0.2, -0.15) is 4.99 Å². The number of urea groups is 1. The van der Waals surface area contributed by atoms with E-state index >= 15 is 0 Å². The fourth-order valence-corrected chi connectivity index (χ4v) is 2.57. The quantitative estimate of drug-likeness (QED) is 0.906. The summed E-state index contributed by atoms with van der Waals surface area (Å²) in [5.74, 6) is -1.02. The van der Waals surface area contributed by atoms with Crippen LogP contribution >= 0.6 is 0 Å². The minimum atomic E-state index is -0.649. The van der Waals surface area contributed by atoms with Gasteiger partial charge in [0, 0.05) is 24.9 Å². The molecule has 1 N–H and O–H groups in total. The summed E-state index contributed by atoms with van der Waals surface area (Å²) in [5.41, 5.74) is 1.43. The lowest BCUT2D eigenvalue weighted by Crippen LogP contribution is -2.48. The van der Waals surface area contributed by atoms with E-state index in [1.165, 1.54) is 6.21 Å². The summed E-state index contributed by atoms with van der Waals surface area (Å²) in [6, 6.07) is 6.56. The van der Waals surface area contributed by atoms with Gasteiger partial charge in [0.15, 0.2) is 0 Å². The number of imide groups is 1. The van der Waals surface area contributed by atoms with E-state index in [0.717, 1.165) is 10.5 Å². The first kappa shape index (κ1) is 15.8. The van der Waals surface area contributed by atoms with Gasteiger partial charge in [-0.1, -0.05) is 24.3 Å². The third-order valence-corrected chi connectivity index (χ3v) is 3.86. The molecule has 2 aliphatic rings. The van der Waals surface area contributed by atoms with Crippen molar-refractivity contribution in [3.05, 3.63) is 47.5 Å². The fraction of sp³-hybridized carbons (Fsp3) is 0.235. The Bertz CT molecular complexity index is 795. The van der Waals surface area contributed by atoms with Gasteiger partial charge in [-0.3, -0.25) is 14.5 Å². The SMILES string of the molecule is Cc1ccccc1C(=O)NCCN1C(=O)N=C2N=CC=CC2C1=O. The van der Waals surface area contributed by atoms with Gasteiger partial charge in [-0.15, -0.1) is 0 Å². The van der Waals surface area contributed by atoms with E-state index in [9.17, 15) is 14.4 Å².